The van der Waals surface area contributed by atoms with Gasteiger partial charge in [-0.1, -0.05) is 0 Å². The van der Waals surface area contributed by atoms with Crippen LogP contribution in [0.3, 0.4) is 0 Å². The highest BCUT2D eigenvalue weighted by atomic mass is 16.4. The van der Waals surface area contributed by atoms with Crippen molar-refractivity contribution in [3.63, 3.8) is 0 Å². The van der Waals surface area contributed by atoms with Gasteiger partial charge in [-0.3, -0.25) is 9.89 Å². The summed E-state index contributed by atoms with van der Waals surface area (Å²) in [6.45, 7) is 0. The van der Waals surface area contributed by atoms with Crippen molar-refractivity contribution >= 4 is 5.97 Å². The van der Waals surface area contributed by atoms with Crippen LogP contribution in [0.4, 0.5) is 0 Å². The van der Waals surface area contributed by atoms with Gasteiger partial charge in [-0.05, 0) is 18.4 Å². The number of nitrogens with one attached hydrogen (secondary N) is 1. The van der Waals surface area contributed by atoms with Gasteiger partial charge in [0, 0.05) is 18.0 Å². The van der Waals surface area contributed by atoms with Crippen LogP contribution in [0.15, 0.2) is 6.20 Å². The summed E-state index contributed by atoms with van der Waals surface area (Å²) >= 11 is 0. The van der Waals surface area contributed by atoms with E-state index in [-0.39, 0.29) is 0 Å². The lowest BCUT2D eigenvalue weighted by molar-refractivity contribution is -0.138. The van der Waals surface area contributed by atoms with Gasteiger partial charge >= 0.3 is 5.97 Å². The van der Waals surface area contributed by atoms with Crippen LogP contribution in [0.5, 0.6) is 0 Å². The Hall–Kier alpha value is -1.36. The molecule has 1 aliphatic carbocycles. The smallest absolute Gasteiger partial charge is 0.320 e. The Labute approximate surface area is 81.3 Å². The maximum atomic E-state index is 10.6. The number of nitrogens with zero attached hydrogens (tertiary/aromatic N) is 1. The zero-order valence-electron chi connectivity index (χ0n) is 7.73. The fourth-order valence-corrected chi connectivity index (χ4v) is 1.53. The van der Waals surface area contributed by atoms with Gasteiger partial charge in [-0.25, -0.2) is 0 Å². The minimum atomic E-state index is -0.965. The van der Waals surface area contributed by atoms with E-state index >= 15 is 0 Å². The first-order chi connectivity index (χ1) is 6.68. The summed E-state index contributed by atoms with van der Waals surface area (Å²) in [5.74, 6) is -0.415. The lowest BCUT2D eigenvalue weighted by Gasteiger charge is -2.05. The van der Waals surface area contributed by atoms with E-state index in [9.17, 15) is 4.79 Å². The quantitative estimate of drug-likeness (QED) is 0.641. The van der Waals surface area contributed by atoms with Gasteiger partial charge in [-0.2, -0.15) is 5.10 Å². The van der Waals surface area contributed by atoms with E-state index in [4.69, 9.17) is 10.8 Å². The van der Waals surface area contributed by atoms with Gasteiger partial charge < -0.3 is 10.8 Å². The van der Waals surface area contributed by atoms with Crippen LogP contribution in [0.25, 0.3) is 0 Å². The van der Waals surface area contributed by atoms with E-state index in [0.29, 0.717) is 12.3 Å². The maximum absolute atomic E-state index is 10.6. The van der Waals surface area contributed by atoms with Crippen molar-refractivity contribution in [2.45, 2.75) is 31.2 Å². The molecule has 1 heterocycles. The standard InChI is InChI=1S/C9H13N3O2/c10-7(9(13)14)3-6-4-11-12-8(6)5-1-2-5/h4-5,7H,1-3,10H2,(H,11,12)(H,13,14). The molecule has 5 nitrogen and oxygen atoms in total. The van der Waals surface area contributed by atoms with Crippen molar-refractivity contribution in [1.29, 1.82) is 0 Å². The van der Waals surface area contributed by atoms with Crippen molar-refractivity contribution in [2.24, 2.45) is 5.73 Å². The zero-order valence-corrected chi connectivity index (χ0v) is 7.73. The summed E-state index contributed by atoms with van der Waals surface area (Å²) in [4.78, 5) is 10.6. The average molecular weight is 195 g/mol. The molecule has 14 heavy (non-hydrogen) atoms. The topological polar surface area (TPSA) is 92.0 Å². The summed E-state index contributed by atoms with van der Waals surface area (Å²) in [5.41, 5.74) is 7.47. The van der Waals surface area contributed by atoms with E-state index in [1.165, 1.54) is 0 Å². The average Bonchev–Trinajstić information content (AvgIpc) is 2.88. The number of carboxylic acids is 1. The molecule has 1 aromatic heterocycles. The minimum absolute atomic E-state index is 0.359. The van der Waals surface area contributed by atoms with Crippen LogP contribution in [-0.2, 0) is 11.2 Å². The zero-order chi connectivity index (χ0) is 10.1. The molecular weight excluding hydrogens is 182 g/mol. The van der Waals surface area contributed by atoms with Crippen LogP contribution in [-0.4, -0.2) is 27.3 Å². The highest BCUT2D eigenvalue weighted by Gasteiger charge is 2.28. The third-order valence-corrected chi connectivity index (χ3v) is 2.49. The molecule has 0 amide bonds. The Morgan fingerprint density at radius 1 is 1.79 bits per heavy atom. The SMILES string of the molecule is NC(Cc1cn[nH]c1C1CC1)C(=O)O. The molecule has 1 unspecified atom stereocenters. The van der Waals surface area contributed by atoms with Crippen molar-refractivity contribution < 1.29 is 9.90 Å². The molecule has 0 bridgehead atoms. The molecule has 2 rings (SSSR count). The van der Waals surface area contributed by atoms with Gasteiger partial charge in [-0.15, -0.1) is 0 Å². The molecule has 0 radical (unpaired) electrons. The molecule has 4 N–H and O–H groups in total. The van der Waals surface area contributed by atoms with Gasteiger partial charge in [0.2, 0.25) is 0 Å². The van der Waals surface area contributed by atoms with Crippen molar-refractivity contribution in [3.05, 3.63) is 17.5 Å². The van der Waals surface area contributed by atoms with Crippen molar-refractivity contribution in [1.82, 2.24) is 10.2 Å². The number of H-pyrrole nitrogens is 1. The number of aliphatic carboxylic acids is 1. The van der Waals surface area contributed by atoms with E-state index in [1.807, 2.05) is 0 Å². The summed E-state index contributed by atoms with van der Waals surface area (Å²) in [6, 6.07) is -0.829. The minimum Gasteiger partial charge on any atom is -0.480 e. The number of aromatic amines is 1. The number of hydrogen-bond donors (Lipinski definition) is 3. The molecule has 0 aromatic carbocycles. The van der Waals surface area contributed by atoms with Gasteiger partial charge in [0.25, 0.3) is 0 Å². The molecule has 76 valence electrons. The summed E-state index contributed by atoms with van der Waals surface area (Å²) < 4.78 is 0. The molecular formula is C9H13N3O2. The normalized spacial score (nSPS) is 18.1. The summed E-state index contributed by atoms with van der Waals surface area (Å²) in [5, 5.41) is 15.5. The molecule has 1 saturated carbocycles. The van der Waals surface area contributed by atoms with Crippen molar-refractivity contribution in [2.75, 3.05) is 0 Å². The second-order valence-corrected chi connectivity index (χ2v) is 3.73. The third-order valence-electron chi connectivity index (χ3n) is 2.49. The highest BCUT2D eigenvalue weighted by molar-refractivity contribution is 5.73. The van der Waals surface area contributed by atoms with E-state index in [0.717, 1.165) is 24.1 Å². The van der Waals surface area contributed by atoms with Crippen molar-refractivity contribution in [3.8, 4) is 0 Å². The van der Waals surface area contributed by atoms with Crippen LogP contribution in [0, 0.1) is 0 Å². The number of carbonyl (C=O) groups is 1. The van der Waals surface area contributed by atoms with Gasteiger partial charge in [0.1, 0.15) is 6.04 Å². The molecule has 1 atom stereocenters. The lowest BCUT2D eigenvalue weighted by Crippen LogP contribution is -2.32. The van der Waals surface area contributed by atoms with Crippen LogP contribution in [0.1, 0.15) is 30.0 Å². The Morgan fingerprint density at radius 3 is 3.07 bits per heavy atom. The Morgan fingerprint density at radius 2 is 2.50 bits per heavy atom. The Balaban J connectivity index is 2.08. The molecule has 1 aliphatic rings. The predicted molar refractivity (Wildman–Crippen MR) is 49.9 cm³/mol. The number of carboxylic acid groups (broad SMARTS) is 1. The van der Waals surface area contributed by atoms with E-state index in [2.05, 4.69) is 10.2 Å². The predicted octanol–water partition coefficient (Wildman–Crippen LogP) is 0.241. The first-order valence-corrected chi connectivity index (χ1v) is 4.69. The molecule has 0 aliphatic heterocycles. The molecule has 0 spiro atoms. The molecule has 0 saturated heterocycles. The first-order valence-electron chi connectivity index (χ1n) is 4.69. The van der Waals surface area contributed by atoms with Gasteiger partial charge in [0.05, 0.1) is 6.20 Å². The maximum Gasteiger partial charge on any atom is 0.320 e. The van der Waals surface area contributed by atoms with Crippen LogP contribution < -0.4 is 5.73 Å². The Bertz CT molecular complexity index is 344. The fraction of sp³-hybridized carbons (Fsp3) is 0.556. The second kappa shape index (κ2) is 3.42. The molecule has 1 aromatic rings. The number of aromatic nitrogens is 2. The third kappa shape index (κ3) is 1.77. The summed E-state index contributed by atoms with van der Waals surface area (Å²) in [7, 11) is 0. The number of nitrogens with two attached hydrogens (primary N) is 1. The van der Waals surface area contributed by atoms with Crippen LogP contribution >= 0.6 is 0 Å². The lowest BCUT2D eigenvalue weighted by atomic mass is 10.1. The monoisotopic (exact) mass is 195 g/mol. The van der Waals surface area contributed by atoms with E-state index < -0.39 is 12.0 Å². The van der Waals surface area contributed by atoms with E-state index in [1.54, 1.807) is 6.20 Å². The Kier molecular flexibility index (Phi) is 2.25. The fourth-order valence-electron chi connectivity index (χ4n) is 1.53. The first kappa shape index (κ1) is 9.21. The van der Waals surface area contributed by atoms with Crippen LogP contribution in [0.2, 0.25) is 0 Å². The summed E-state index contributed by atoms with van der Waals surface area (Å²) in [6.07, 6.45) is 4.36. The molecule has 1 fully saturated rings. The number of rotatable bonds is 4. The largest absolute Gasteiger partial charge is 0.480 e. The van der Waals surface area contributed by atoms with Gasteiger partial charge in [0.15, 0.2) is 0 Å². The highest BCUT2D eigenvalue weighted by Crippen LogP contribution is 2.40. The number of hydrogen-bond acceptors (Lipinski definition) is 3. The molecule has 5 heteroatoms. The second-order valence-electron chi connectivity index (χ2n) is 3.73.